The highest BCUT2D eigenvalue weighted by molar-refractivity contribution is 6.33. The molecule has 0 atom stereocenters. The second-order valence-electron chi connectivity index (χ2n) is 0.487. The van der Waals surface area contributed by atoms with Gasteiger partial charge >= 0.3 is 0 Å². The molecule has 0 saturated carbocycles. The topological polar surface area (TPSA) is 0 Å². The van der Waals surface area contributed by atoms with Crippen LogP contribution in [-0.2, 0) is 0 Å². The zero-order valence-corrected chi connectivity index (χ0v) is 3.59. The summed E-state index contributed by atoms with van der Waals surface area (Å²) in [6.45, 7) is 1.83. The Morgan fingerprint density at radius 1 is 2.00 bits per heavy atom. The first-order chi connectivity index (χ1) is 1.91. The number of rotatable bonds is 1. The van der Waals surface area contributed by atoms with Crippen LogP contribution in [-0.4, -0.2) is 15.8 Å². The summed E-state index contributed by atoms with van der Waals surface area (Å²) >= 11 is 0. The molecule has 2 radical (unpaired) electrons. The van der Waals surface area contributed by atoms with Crippen molar-refractivity contribution in [2.24, 2.45) is 0 Å². The van der Waals surface area contributed by atoms with Crippen molar-refractivity contribution in [2.45, 2.75) is 6.55 Å². The minimum atomic E-state index is -0.153. The summed E-state index contributed by atoms with van der Waals surface area (Å²) < 4.78 is 10.7. The van der Waals surface area contributed by atoms with Gasteiger partial charge in [-0.05, 0) is 0 Å². The van der Waals surface area contributed by atoms with Crippen LogP contribution in [0.2, 0.25) is 6.55 Å². The number of hydrogen-bond donors (Lipinski definition) is 0. The molecule has 0 aromatic carbocycles. The molecule has 4 heavy (non-hydrogen) atoms. The van der Waals surface area contributed by atoms with Gasteiger partial charge in [0, 0.05) is 0 Å². The van der Waals surface area contributed by atoms with E-state index in [1.165, 1.54) is 0 Å². The average Bonchev–Trinajstić information content (AvgIpc) is 1.37. The molecule has 0 N–H and O–H groups in total. The Labute approximate surface area is 27.8 Å². The summed E-state index contributed by atoms with van der Waals surface area (Å²) in [6, 6.07) is 0. The number of halogens is 1. The fraction of sp³-hybridized carbons (Fsp3) is 1.00. The summed E-state index contributed by atoms with van der Waals surface area (Å²) in [4.78, 5) is 0. The predicted octanol–water partition coefficient (Wildman–Crippen LogP) is 0.666. The standard InChI is InChI=1S/C2H5FSi/c1-4-2-3/h2H2,1H3. The van der Waals surface area contributed by atoms with Gasteiger partial charge in [-0.1, -0.05) is 6.55 Å². The molecule has 2 heteroatoms. The van der Waals surface area contributed by atoms with Crippen molar-refractivity contribution < 1.29 is 4.39 Å². The van der Waals surface area contributed by atoms with Gasteiger partial charge in [0.15, 0.2) is 0 Å². The SMILES string of the molecule is C[Si]CF. The minimum Gasteiger partial charge on any atom is -0.256 e. The van der Waals surface area contributed by atoms with Crippen LogP contribution in [0.15, 0.2) is 0 Å². The zero-order chi connectivity index (χ0) is 3.41. The largest absolute Gasteiger partial charge is 0.256 e. The molecule has 0 bridgehead atoms. The van der Waals surface area contributed by atoms with E-state index in [4.69, 9.17) is 0 Å². The molecule has 0 unspecified atom stereocenters. The molecule has 0 aromatic heterocycles. The molecule has 0 aromatic rings. The van der Waals surface area contributed by atoms with E-state index in [1.807, 2.05) is 6.55 Å². The summed E-state index contributed by atoms with van der Waals surface area (Å²) in [5.41, 5.74) is 0. The van der Waals surface area contributed by atoms with Gasteiger partial charge in [-0.25, -0.2) is 0 Å². The van der Waals surface area contributed by atoms with Crippen LogP contribution >= 0.6 is 0 Å². The van der Waals surface area contributed by atoms with Gasteiger partial charge in [0.2, 0.25) is 0 Å². The van der Waals surface area contributed by atoms with Crippen molar-refractivity contribution >= 4 is 9.52 Å². The molecule has 0 aliphatic heterocycles. The van der Waals surface area contributed by atoms with Crippen LogP contribution < -0.4 is 0 Å². The highest BCUT2D eigenvalue weighted by Gasteiger charge is 1.64. The van der Waals surface area contributed by atoms with Crippen LogP contribution in [0.25, 0.3) is 0 Å². The van der Waals surface area contributed by atoms with E-state index in [9.17, 15) is 4.39 Å². The molecule has 0 amide bonds. The van der Waals surface area contributed by atoms with E-state index in [-0.39, 0.29) is 6.30 Å². The Morgan fingerprint density at radius 3 is 2.25 bits per heavy atom. The molecule has 0 aliphatic rings. The highest BCUT2D eigenvalue weighted by Crippen LogP contribution is 1.54. The van der Waals surface area contributed by atoms with Crippen LogP contribution in [0.5, 0.6) is 0 Å². The van der Waals surface area contributed by atoms with E-state index in [0.29, 0.717) is 9.52 Å². The summed E-state index contributed by atoms with van der Waals surface area (Å²) in [7, 11) is 0.474. The maximum Gasteiger partial charge on any atom is 0.0772 e. The molecule has 0 rings (SSSR count). The second-order valence-corrected chi connectivity index (χ2v) is 1.46. The van der Waals surface area contributed by atoms with Crippen molar-refractivity contribution in [3.8, 4) is 0 Å². The lowest BCUT2D eigenvalue weighted by Crippen LogP contribution is -1.78. The lowest BCUT2D eigenvalue weighted by atomic mass is 11.8. The van der Waals surface area contributed by atoms with E-state index in [0.717, 1.165) is 0 Å². The lowest BCUT2D eigenvalue weighted by Gasteiger charge is -1.62. The highest BCUT2D eigenvalue weighted by atomic mass is 28.2. The summed E-state index contributed by atoms with van der Waals surface area (Å²) in [6.07, 6.45) is -0.153. The van der Waals surface area contributed by atoms with E-state index >= 15 is 0 Å². The molecule has 0 fully saturated rings. The van der Waals surface area contributed by atoms with Gasteiger partial charge in [0.1, 0.15) is 0 Å². The van der Waals surface area contributed by atoms with Crippen molar-refractivity contribution in [3.63, 3.8) is 0 Å². The smallest absolute Gasteiger partial charge is 0.0772 e. The van der Waals surface area contributed by atoms with Crippen LogP contribution in [0, 0.1) is 0 Å². The van der Waals surface area contributed by atoms with Gasteiger partial charge in [0.05, 0.1) is 15.8 Å². The van der Waals surface area contributed by atoms with Gasteiger partial charge in [-0.2, -0.15) is 0 Å². The molecule has 24 valence electrons. The van der Waals surface area contributed by atoms with Gasteiger partial charge < -0.3 is 0 Å². The molecule has 0 saturated heterocycles. The van der Waals surface area contributed by atoms with Crippen LogP contribution in [0.4, 0.5) is 4.39 Å². The quantitative estimate of drug-likeness (QED) is 0.403. The fourth-order valence-corrected chi connectivity index (χ4v) is 0. The molecule has 0 spiro atoms. The molecule has 0 heterocycles. The third kappa shape index (κ3) is 2.15. The predicted molar refractivity (Wildman–Crippen MR) is 17.6 cm³/mol. The van der Waals surface area contributed by atoms with Crippen LogP contribution in [0.1, 0.15) is 0 Å². The number of alkyl halides is 1. The molecular weight excluding hydrogens is 71.1 g/mol. The van der Waals surface area contributed by atoms with E-state index in [1.54, 1.807) is 0 Å². The third-order valence-corrected chi connectivity index (χ3v) is 0.401. The summed E-state index contributed by atoms with van der Waals surface area (Å²) in [5.74, 6) is 0. The fourth-order valence-electron chi connectivity index (χ4n) is 0. The Balaban J connectivity index is 1.97. The van der Waals surface area contributed by atoms with Crippen molar-refractivity contribution in [1.29, 1.82) is 0 Å². The second kappa shape index (κ2) is 3.15. The Morgan fingerprint density at radius 2 is 2.25 bits per heavy atom. The zero-order valence-electron chi connectivity index (χ0n) is 2.59. The van der Waals surface area contributed by atoms with Gasteiger partial charge in [0.25, 0.3) is 0 Å². The first-order valence-electron chi connectivity index (χ1n) is 1.12. The molecule has 0 nitrogen and oxygen atoms in total. The summed E-state index contributed by atoms with van der Waals surface area (Å²) in [5, 5.41) is 0. The monoisotopic (exact) mass is 76.0 g/mol. The third-order valence-electron chi connectivity index (χ3n) is 0.134. The van der Waals surface area contributed by atoms with Crippen molar-refractivity contribution in [2.75, 3.05) is 6.30 Å². The average molecular weight is 76.1 g/mol. The minimum absolute atomic E-state index is 0.153. The Kier molecular flexibility index (Phi) is 3.26. The van der Waals surface area contributed by atoms with Crippen molar-refractivity contribution in [1.82, 2.24) is 0 Å². The van der Waals surface area contributed by atoms with Gasteiger partial charge in [-0.3, -0.25) is 4.39 Å². The first kappa shape index (κ1) is 4.15. The Hall–Kier alpha value is 0.147. The maximum atomic E-state index is 10.7. The molecule has 0 aliphatic carbocycles. The maximum absolute atomic E-state index is 10.7. The van der Waals surface area contributed by atoms with E-state index < -0.39 is 0 Å². The lowest BCUT2D eigenvalue weighted by molar-refractivity contribution is 0.594. The Bertz CT molecular complexity index is 8.00. The normalized spacial score (nSPS) is 7.50. The van der Waals surface area contributed by atoms with Crippen LogP contribution in [0.3, 0.4) is 0 Å². The van der Waals surface area contributed by atoms with Gasteiger partial charge in [-0.15, -0.1) is 0 Å². The van der Waals surface area contributed by atoms with E-state index in [2.05, 4.69) is 0 Å². The van der Waals surface area contributed by atoms with Crippen molar-refractivity contribution in [3.05, 3.63) is 0 Å². The first-order valence-corrected chi connectivity index (χ1v) is 2.83. The molecular formula is C2H5FSi. The number of hydrogen-bond acceptors (Lipinski definition) is 0.